The quantitative estimate of drug-likeness (QED) is 0.704. The van der Waals surface area contributed by atoms with E-state index in [-0.39, 0.29) is 17.2 Å². The molecule has 1 amide bonds. The number of primary amides is 1. The second-order valence-electron chi connectivity index (χ2n) is 6.22. The van der Waals surface area contributed by atoms with Crippen molar-refractivity contribution < 1.29 is 4.79 Å². The Morgan fingerprint density at radius 2 is 2.06 bits per heavy atom. The van der Waals surface area contributed by atoms with Crippen LogP contribution in [0.15, 0.2) is 0 Å². The third kappa shape index (κ3) is 1.27. The van der Waals surface area contributed by atoms with E-state index in [1.807, 2.05) is 0 Å². The topological polar surface area (TPSA) is 69.1 Å². The summed E-state index contributed by atoms with van der Waals surface area (Å²) in [5, 5.41) is 0. The average Bonchev–Trinajstić information content (AvgIpc) is 2.84. The molecule has 3 nitrogen and oxygen atoms in total. The van der Waals surface area contributed by atoms with Crippen LogP contribution in [-0.2, 0) is 4.79 Å². The van der Waals surface area contributed by atoms with Crippen LogP contribution in [0.25, 0.3) is 0 Å². The molecule has 0 aromatic carbocycles. The summed E-state index contributed by atoms with van der Waals surface area (Å²) in [7, 11) is 0. The van der Waals surface area contributed by atoms with E-state index in [9.17, 15) is 4.79 Å². The Hall–Kier alpha value is -0.570. The molecule has 2 bridgehead atoms. The molecule has 90 valence electrons. The van der Waals surface area contributed by atoms with Gasteiger partial charge in [-0.15, -0.1) is 0 Å². The van der Waals surface area contributed by atoms with Crippen molar-refractivity contribution in [2.24, 2.45) is 34.6 Å². The van der Waals surface area contributed by atoms with Crippen molar-refractivity contribution in [1.82, 2.24) is 0 Å². The maximum Gasteiger partial charge on any atom is 0.220 e. The summed E-state index contributed by atoms with van der Waals surface area (Å²) in [6, 6.07) is 0.341. The second kappa shape index (κ2) is 3.46. The molecule has 3 saturated carbocycles. The number of rotatable bonds is 1. The van der Waals surface area contributed by atoms with Gasteiger partial charge in [0.15, 0.2) is 0 Å². The van der Waals surface area contributed by atoms with Crippen LogP contribution < -0.4 is 11.5 Å². The highest BCUT2D eigenvalue weighted by Crippen LogP contribution is 2.61. The Morgan fingerprint density at radius 1 is 1.25 bits per heavy atom. The van der Waals surface area contributed by atoms with Gasteiger partial charge in [0.25, 0.3) is 0 Å². The van der Waals surface area contributed by atoms with Crippen LogP contribution in [0, 0.1) is 23.2 Å². The minimum Gasteiger partial charge on any atom is -0.369 e. The molecule has 3 aliphatic carbocycles. The van der Waals surface area contributed by atoms with Crippen LogP contribution >= 0.6 is 0 Å². The average molecular weight is 222 g/mol. The number of hydrogen-bond donors (Lipinski definition) is 2. The Balaban J connectivity index is 1.85. The Bertz CT molecular complexity index is 313. The van der Waals surface area contributed by atoms with Crippen LogP contribution in [0.1, 0.15) is 44.9 Å². The van der Waals surface area contributed by atoms with Gasteiger partial charge in [-0.25, -0.2) is 0 Å². The van der Waals surface area contributed by atoms with Crippen LogP contribution in [0.5, 0.6) is 0 Å². The molecule has 1 spiro atoms. The molecular formula is C13H22N2O. The predicted molar refractivity (Wildman–Crippen MR) is 62.4 cm³/mol. The van der Waals surface area contributed by atoms with Crippen molar-refractivity contribution in [1.29, 1.82) is 0 Å². The van der Waals surface area contributed by atoms with E-state index >= 15 is 0 Å². The molecule has 0 heterocycles. The van der Waals surface area contributed by atoms with Gasteiger partial charge in [-0.3, -0.25) is 4.79 Å². The van der Waals surface area contributed by atoms with Crippen LogP contribution in [0.3, 0.4) is 0 Å². The van der Waals surface area contributed by atoms with E-state index in [0.29, 0.717) is 6.04 Å². The monoisotopic (exact) mass is 222 g/mol. The molecule has 3 rings (SSSR count). The van der Waals surface area contributed by atoms with Gasteiger partial charge in [-0.2, -0.15) is 0 Å². The normalized spacial score (nSPS) is 51.1. The summed E-state index contributed by atoms with van der Waals surface area (Å²) in [4.78, 5) is 11.4. The highest BCUT2D eigenvalue weighted by molar-refractivity contribution is 5.76. The minimum atomic E-state index is -0.103. The fraction of sp³-hybridized carbons (Fsp3) is 0.923. The smallest absolute Gasteiger partial charge is 0.220 e. The number of hydrogen-bond acceptors (Lipinski definition) is 2. The summed E-state index contributed by atoms with van der Waals surface area (Å²) in [6.45, 7) is 0. The molecule has 3 fully saturated rings. The Morgan fingerprint density at radius 3 is 2.69 bits per heavy atom. The number of amides is 1. The van der Waals surface area contributed by atoms with E-state index in [4.69, 9.17) is 11.5 Å². The summed E-state index contributed by atoms with van der Waals surface area (Å²) in [5.74, 6) is 1.51. The molecule has 0 aliphatic heterocycles. The molecule has 3 heteroatoms. The first kappa shape index (κ1) is 10.6. The molecule has 4 N–H and O–H groups in total. The first-order valence-corrected chi connectivity index (χ1v) is 6.68. The van der Waals surface area contributed by atoms with Gasteiger partial charge in [0, 0.05) is 12.0 Å². The number of fused-ring (bicyclic) bond motifs is 3. The van der Waals surface area contributed by atoms with Gasteiger partial charge in [-0.05, 0) is 55.8 Å². The van der Waals surface area contributed by atoms with E-state index in [1.54, 1.807) is 0 Å². The molecule has 0 saturated heterocycles. The van der Waals surface area contributed by atoms with Crippen molar-refractivity contribution in [3.8, 4) is 0 Å². The largest absolute Gasteiger partial charge is 0.369 e. The fourth-order valence-corrected chi connectivity index (χ4v) is 4.86. The molecular weight excluding hydrogens is 200 g/mol. The predicted octanol–water partition coefficient (Wildman–Crippen LogP) is 1.41. The third-order valence-corrected chi connectivity index (χ3v) is 5.68. The summed E-state index contributed by atoms with van der Waals surface area (Å²) < 4.78 is 0. The third-order valence-electron chi connectivity index (χ3n) is 5.68. The second-order valence-corrected chi connectivity index (χ2v) is 6.22. The lowest BCUT2D eigenvalue weighted by atomic mass is 9.59. The van der Waals surface area contributed by atoms with Gasteiger partial charge in [0.1, 0.15) is 0 Å². The van der Waals surface area contributed by atoms with E-state index in [1.165, 1.54) is 25.7 Å². The fourth-order valence-electron chi connectivity index (χ4n) is 4.86. The number of carbonyl (C=O) groups excluding carboxylic acids is 1. The summed E-state index contributed by atoms with van der Waals surface area (Å²) in [5.41, 5.74) is 12.2. The van der Waals surface area contributed by atoms with Crippen LogP contribution in [-0.4, -0.2) is 11.9 Å². The molecule has 0 unspecified atom stereocenters. The van der Waals surface area contributed by atoms with Gasteiger partial charge < -0.3 is 11.5 Å². The van der Waals surface area contributed by atoms with Crippen molar-refractivity contribution in [2.75, 3.05) is 0 Å². The van der Waals surface area contributed by atoms with Crippen molar-refractivity contribution >= 4 is 5.91 Å². The first-order valence-electron chi connectivity index (χ1n) is 6.68. The number of nitrogens with two attached hydrogens (primary N) is 2. The molecule has 0 aromatic rings. The lowest BCUT2D eigenvalue weighted by Crippen LogP contribution is -2.50. The number of carbonyl (C=O) groups is 1. The van der Waals surface area contributed by atoms with Crippen molar-refractivity contribution in [3.05, 3.63) is 0 Å². The lowest BCUT2D eigenvalue weighted by Gasteiger charge is -2.47. The van der Waals surface area contributed by atoms with Gasteiger partial charge >= 0.3 is 0 Å². The molecule has 0 aromatic heterocycles. The minimum absolute atomic E-state index is 0.0964. The maximum atomic E-state index is 11.4. The summed E-state index contributed by atoms with van der Waals surface area (Å²) >= 11 is 0. The molecule has 16 heavy (non-hydrogen) atoms. The highest BCUT2D eigenvalue weighted by Gasteiger charge is 2.57. The maximum absolute atomic E-state index is 11.4. The SMILES string of the molecule is NC(=O)[C@H]1CCC[C@@]2(C1)[C@H]1CC[C@H](C1)[C@H]2N. The van der Waals surface area contributed by atoms with E-state index < -0.39 is 0 Å². The molecule has 3 aliphatic rings. The Kier molecular flexibility index (Phi) is 2.29. The lowest BCUT2D eigenvalue weighted by molar-refractivity contribution is -0.125. The van der Waals surface area contributed by atoms with E-state index in [2.05, 4.69) is 0 Å². The zero-order chi connectivity index (χ0) is 11.3. The molecule has 5 atom stereocenters. The van der Waals surface area contributed by atoms with Crippen LogP contribution in [0.2, 0.25) is 0 Å². The van der Waals surface area contributed by atoms with E-state index in [0.717, 1.165) is 31.1 Å². The van der Waals surface area contributed by atoms with Crippen molar-refractivity contribution in [3.63, 3.8) is 0 Å². The standard InChI is InChI=1S/C13H22N2O/c14-11-8-3-4-10(6-8)13(11)5-1-2-9(7-13)12(15)16/h8-11H,1-7,14H2,(H2,15,16)/t8-,9+,10+,11-,13-/m1/s1. The van der Waals surface area contributed by atoms with Gasteiger partial charge in [0.05, 0.1) is 0 Å². The molecule has 0 radical (unpaired) electrons. The van der Waals surface area contributed by atoms with Crippen LogP contribution in [0.4, 0.5) is 0 Å². The summed E-state index contributed by atoms with van der Waals surface area (Å²) in [6.07, 6.45) is 8.31. The zero-order valence-corrected chi connectivity index (χ0v) is 9.82. The zero-order valence-electron chi connectivity index (χ0n) is 9.82. The Labute approximate surface area is 96.9 Å². The first-order chi connectivity index (χ1) is 7.63. The van der Waals surface area contributed by atoms with Crippen molar-refractivity contribution in [2.45, 2.75) is 51.0 Å². The van der Waals surface area contributed by atoms with Gasteiger partial charge in [-0.1, -0.05) is 6.42 Å². The highest BCUT2D eigenvalue weighted by atomic mass is 16.1. The van der Waals surface area contributed by atoms with Gasteiger partial charge in [0.2, 0.25) is 5.91 Å².